The number of anilines is 3. The van der Waals surface area contributed by atoms with Gasteiger partial charge in [0.15, 0.2) is 11.6 Å². The van der Waals surface area contributed by atoms with E-state index in [1.807, 2.05) is 0 Å². The summed E-state index contributed by atoms with van der Waals surface area (Å²) in [5, 5.41) is 17.6. The van der Waals surface area contributed by atoms with Crippen molar-refractivity contribution in [3.05, 3.63) is 81.1 Å². The van der Waals surface area contributed by atoms with Gasteiger partial charge in [-0.1, -0.05) is 23.7 Å². The van der Waals surface area contributed by atoms with E-state index in [2.05, 4.69) is 20.6 Å². The van der Waals surface area contributed by atoms with Crippen LogP contribution in [0.15, 0.2) is 48.8 Å². The van der Waals surface area contributed by atoms with Crippen LogP contribution in [0.2, 0.25) is 5.02 Å². The van der Waals surface area contributed by atoms with Gasteiger partial charge in [0.05, 0.1) is 4.92 Å². The van der Waals surface area contributed by atoms with Crippen molar-refractivity contribution in [1.29, 1.82) is 0 Å². The lowest BCUT2D eigenvalue weighted by molar-refractivity contribution is -0.383. The summed E-state index contributed by atoms with van der Waals surface area (Å²) in [6.45, 7) is 0.264. The average Bonchev–Trinajstić information content (AvgIpc) is 2.64. The Hall–Kier alpha value is -3.33. The Balaban J connectivity index is 1.86. The molecule has 0 fully saturated rings. The molecule has 0 bridgehead atoms. The lowest BCUT2D eigenvalue weighted by Crippen LogP contribution is -2.08. The third-order valence-electron chi connectivity index (χ3n) is 3.56. The molecule has 10 heteroatoms. The van der Waals surface area contributed by atoms with Crippen molar-refractivity contribution in [2.75, 3.05) is 10.6 Å². The summed E-state index contributed by atoms with van der Waals surface area (Å²) in [5.74, 6) is -2.28. The first-order chi connectivity index (χ1) is 12.9. The van der Waals surface area contributed by atoms with Crippen molar-refractivity contribution < 1.29 is 13.7 Å². The zero-order chi connectivity index (χ0) is 19.4. The van der Waals surface area contributed by atoms with Crippen molar-refractivity contribution in [1.82, 2.24) is 9.97 Å². The van der Waals surface area contributed by atoms with E-state index in [-0.39, 0.29) is 23.9 Å². The molecule has 0 amide bonds. The maximum atomic E-state index is 13.4. The van der Waals surface area contributed by atoms with Crippen molar-refractivity contribution in [3.8, 4) is 0 Å². The smallest absolute Gasteiger partial charge is 0.353 e. The van der Waals surface area contributed by atoms with Gasteiger partial charge in [-0.05, 0) is 29.8 Å². The molecule has 2 N–H and O–H groups in total. The first-order valence-electron chi connectivity index (χ1n) is 7.64. The summed E-state index contributed by atoms with van der Waals surface area (Å²) in [6, 6.07) is 9.95. The fourth-order valence-corrected chi connectivity index (χ4v) is 2.40. The van der Waals surface area contributed by atoms with Crippen LogP contribution in [0.4, 0.5) is 31.8 Å². The third kappa shape index (κ3) is 4.45. The van der Waals surface area contributed by atoms with Gasteiger partial charge in [0.25, 0.3) is 0 Å². The van der Waals surface area contributed by atoms with Crippen molar-refractivity contribution in [3.63, 3.8) is 0 Å². The minimum atomic E-state index is -1.09. The van der Waals surface area contributed by atoms with E-state index in [1.165, 1.54) is 6.07 Å². The minimum absolute atomic E-state index is 0.0185. The molecule has 0 saturated carbocycles. The van der Waals surface area contributed by atoms with E-state index in [0.29, 0.717) is 5.02 Å². The molecule has 1 heterocycles. The number of nitro groups is 1. The Labute approximate surface area is 157 Å². The van der Waals surface area contributed by atoms with Gasteiger partial charge in [-0.25, -0.2) is 18.7 Å². The van der Waals surface area contributed by atoms with Gasteiger partial charge in [0.1, 0.15) is 6.33 Å². The van der Waals surface area contributed by atoms with Crippen LogP contribution < -0.4 is 10.6 Å². The molecule has 0 atom stereocenters. The molecular formula is C17H12ClF2N5O2. The van der Waals surface area contributed by atoms with Crippen molar-refractivity contribution >= 4 is 34.6 Å². The molecule has 0 unspecified atom stereocenters. The first kappa shape index (κ1) is 18.5. The molecule has 0 spiro atoms. The van der Waals surface area contributed by atoms with Crippen LogP contribution in [0, 0.1) is 21.7 Å². The summed E-state index contributed by atoms with van der Waals surface area (Å²) in [6.07, 6.45) is 1.12. The van der Waals surface area contributed by atoms with Crippen LogP contribution in [0.25, 0.3) is 0 Å². The number of halogens is 3. The molecule has 2 aromatic carbocycles. The molecular weight excluding hydrogens is 380 g/mol. The van der Waals surface area contributed by atoms with Gasteiger partial charge < -0.3 is 10.6 Å². The number of rotatable bonds is 6. The van der Waals surface area contributed by atoms with Crippen LogP contribution in [-0.4, -0.2) is 14.9 Å². The standard InChI is InChI=1S/C17H12ClF2N5O2/c18-11-3-1-10(2-4-11)8-21-16-15(25(26)27)17(23-9-22-16)24-12-5-6-13(19)14(20)7-12/h1-7,9H,8H2,(H2,21,22,23,24). The molecule has 0 aliphatic carbocycles. The van der Waals surface area contributed by atoms with Crippen molar-refractivity contribution in [2.24, 2.45) is 0 Å². The van der Waals surface area contributed by atoms with Crippen LogP contribution in [0.1, 0.15) is 5.56 Å². The third-order valence-corrected chi connectivity index (χ3v) is 3.81. The van der Waals surface area contributed by atoms with E-state index in [4.69, 9.17) is 11.6 Å². The number of nitrogens with zero attached hydrogens (tertiary/aromatic N) is 3. The van der Waals surface area contributed by atoms with E-state index >= 15 is 0 Å². The van der Waals surface area contributed by atoms with Gasteiger partial charge in [0.2, 0.25) is 11.6 Å². The maximum Gasteiger partial charge on any atom is 0.353 e. The molecule has 27 heavy (non-hydrogen) atoms. The Bertz CT molecular complexity index is 986. The highest BCUT2D eigenvalue weighted by Crippen LogP contribution is 2.31. The Morgan fingerprint density at radius 3 is 2.41 bits per heavy atom. The molecule has 7 nitrogen and oxygen atoms in total. The molecule has 0 aliphatic rings. The maximum absolute atomic E-state index is 13.4. The van der Waals surface area contributed by atoms with Crippen LogP contribution in [-0.2, 0) is 6.54 Å². The minimum Gasteiger partial charge on any atom is -0.360 e. The first-order valence-corrected chi connectivity index (χ1v) is 8.01. The second kappa shape index (κ2) is 7.92. The predicted octanol–water partition coefficient (Wildman–Crippen LogP) is 4.67. The largest absolute Gasteiger partial charge is 0.360 e. The number of aromatic nitrogens is 2. The average molecular weight is 392 g/mol. The van der Waals surface area contributed by atoms with Gasteiger partial charge in [-0.3, -0.25) is 10.1 Å². The Morgan fingerprint density at radius 1 is 1.04 bits per heavy atom. The Kier molecular flexibility index (Phi) is 5.41. The summed E-state index contributed by atoms with van der Waals surface area (Å²) < 4.78 is 26.4. The zero-order valence-electron chi connectivity index (χ0n) is 13.6. The lowest BCUT2D eigenvalue weighted by Gasteiger charge is -2.10. The molecule has 0 radical (unpaired) electrons. The van der Waals surface area contributed by atoms with E-state index in [0.717, 1.165) is 24.0 Å². The summed E-state index contributed by atoms with van der Waals surface area (Å²) in [7, 11) is 0. The molecule has 0 aliphatic heterocycles. The lowest BCUT2D eigenvalue weighted by atomic mass is 10.2. The molecule has 3 rings (SSSR count). The van der Waals surface area contributed by atoms with Crippen molar-refractivity contribution in [2.45, 2.75) is 6.54 Å². The molecule has 0 saturated heterocycles. The topological polar surface area (TPSA) is 93.0 Å². The van der Waals surface area contributed by atoms with E-state index < -0.39 is 22.2 Å². The highest BCUT2D eigenvalue weighted by atomic mass is 35.5. The van der Waals surface area contributed by atoms with Gasteiger partial charge >= 0.3 is 5.69 Å². The highest BCUT2D eigenvalue weighted by molar-refractivity contribution is 6.30. The van der Waals surface area contributed by atoms with Crippen LogP contribution in [0.3, 0.4) is 0 Å². The zero-order valence-corrected chi connectivity index (χ0v) is 14.4. The highest BCUT2D eigenvalue weighted by Gasteiger charge is 2.23. The monoisotopic (exact) mass is 391 g/mol. The summed E-state index contributed by atoms with van der Waals surface area (Å²) >= 11 is 5.83. The SMILES string of the molecule is O=[N+]([O-])c1c(NCc2ccc(Cl)cc2)ncnc1Nc1ccc(F)c(F)c1. The quantitative estimate of drug-likeness (QED) is 0.468. The normalized spacial score (nSPS) is 10.5. The van der Waals surface area contributed by atoms with E-state index in [9.17, 15) is 18.9 Å². The molecule has 1 aromatic heterocycles. The molecule has 138 valence electrons. The van der Waals surface area contributed by atoms with Gasteiger partial charge in [0, 0.05) is 23.3 Å². The predicted molar refractivity (Wildman–Crippen MR) is 97.1 cm³/mol. The van der Waals surface area contributed by atoms with Crippen LogP contribution >= 0.6 is 11.6 Å². The summed E-state index contributed by atoms with van der Waals surface area (Å²) in [4.78, 5) is 18.6. The number of benzene rings is 2. The number of hydrogen-bond donors (Lipinski definition) is 2. The fourth-order valence-electron chi connectivity index (χ4n) is 2.27. The van der Waals surface area contributed by atoms with Gasteiger partial charge in [-0.2, -0.15) is 0 Å². The van der Waals surface area contributed by atoms with Crippen LogP contribution in [0.5, 0.6) is 0 Å². The summed E-state index contributed by atoms with van der Waals surface area (Å²) in [5.41, 5.74) is 0.526. The van der Waals surface area contributed by atoms with E-state index in [1.54, 1.807) is 24.3 Å². The number of hydrogen-bond acceptors (Lipinski definition) is 6. The van der Waals surface area contributed by atoms with Gasteiger partial charge in [-0.15, -0.1) is 0 Å². The number of nitrogens with one attached hydrogen (secondary N) is 2. The second-order valence-corrected chi connectivity index (χ2v) is 5.85. The molecule has 3 aromatic rings. The Morgan fingerprint density at radius 2 is 1.74 bits per heavy atom. The fraction of sp³-hybridized carbons (Fsp3) is 0.0588. The second-order valence-electron chi connectivity index (χ2n) is 5.41.